The highest BCUT2D eigenvalue weighted by molar-refractivity contribution is 5.84. The number of rotatable bonds is 7. The molecule has 0 bridgehead atoms. The van der Waals surface area contributed by atoms with Gasteiger partial charge in [-0.1, -0.05) is 84.9 Å². The average molecular weight is 440 g/mol. The second-order valence-electron chi connectivity index (χ2n) is 7.83. The van der Waals surface area contributed by atoms with Crippen molar-refractivity contribution in [2.45, 2.75) is 0 Å². The van der Waals surface area contributed by atoms with E-state index >= 15 is 0 Å². The Balaban J connectivity index is 1.45. The third-order valence-electron chi connectivity index (χ3n) is 5.50. The molecule has 0 fully saturated rings. The molecule has 3 heteroatoms. The van der Waals surface area contributed by atoms with Crippen molar-refractivity contribution >= 4 is 34.7 Å². The molecule has 0 N–H and O–H groups in total. The van der Waals surface area contributed by atoms with Crippen LogP contribution in [0.3, 0.4) is 0 Å². The molecule has 164 valence electrons. The van der Waals surface area contributed by atoms with Crippen LogP contribution in [0.25, 0.3) is 0 Å². The first-order valence-corrected chi connectivity index (χ1v) is 11.3. The van der Waals surface area contributed by atoms with Crippen LogP contribution in [-0.4, -0.2) is 6.21 Å². The van der Waals surface area contributed by atoms with E-state index in [9.17, 15) is 0 Å². The predicted octanol–water partition coefficient (Wildman–Crippen LogP) is 8.33. The van der Waals surface area contributed by atoms with Crippen molar-refractivity contribution in [3.05, 3.63) is 151 Å². The molecule has 0 saturated carbocycles. The summed E-state index contributed by atoms with van der Waals surface area (Å²) in [7, 11) is 0. The van der Waals surface area contributed by atoms with Crippen LogP contribution in [0.4, 0.5) is 28.4 Å². The van der Waals surface area contributed by atoms with Gasteiger partial charge < -0.3 is 4.90 Å². The van der Waals surface area contributed by atoms with Gasteiger partial charge in [0.1, 0.15) is 0 Å². The Hall–Kier alpha value is -4.63. The maximum atomic E-state index is 4.82. The van der Waals surface area contributed by atoms with Crippen LogP contribution in [-0.2, 0) is 0 Å². The lowest BCUT2D eigenvalue weighted by atomic mass is 10.1. The topological polar surface area (TPSA) is 18.8 Å². The van der Waals surface area contributed by atoms with E-state index in [0.717, 1.165) is 34.0 Å². The predicted molar refractivity (Wildman–Crippen MR) is 144 cm³/mol. The zero-order valence-electron chi connectivity index (χ0n) is 18.8. The first-order chi connectivity index (χ1) is 16.9. The Morgan fingerprint density at radius 2 is 0.735 bits per heavy atom. The summed E-state index contributed by atoms with van der Waals surface area (Å²) in [6.45, 7) is 0. The molecule has 0 saturated heterocycles. The molecule has 0 aromatic heterocycles. The number of hydrogen-bond acceptors (Lipinski definition) is 3. The Morgan fingerprint density at radius 3 is 1.15 bits per heavy atom. The second kappa shape index (κ2) is 10.3. The van der Waals surface area contributed by atoms with Gasteiger partial charge in [0.15, 0.2) is 0 Å². The summed E-state index contributed by atoms with van der Waals surface area (Å²) in [6, 6.07) is 49.7. The van der Waals surface area contributed by atoms with Crippen molar-refractivity contribution in [1.82, 2.24) is 0 Å². The minimum atomic E-state index is 1.01. The highest BCUT2D eigenvalue weighted by atomic mass is 15.5. The highest BCUT2D eigenvalue weighted by Crippen LogP contribution is 2.34. The fourth-order valence-electron chi connectivity index (χ4n) is 3.86. The number of hydrogen-bond donors (Lipinski definition) is 0. The molecule has 0 aliphatic heterocycles. The van der Waals surface area contributed by atoms with E-state index in [1.54, 1.807) is 0 Å². The zero-order valence-corrected chi connectivity index (χ0v) is 18.8. The Kier molecular flexibility index (Phi) is 6.45. The SMILES string of the molecule is C(=N\N(c1ccccc1)c1ccccc1)/c1ccc(N(c2ccccc2)c2ccccc2)cc1. The molecule has 0 amide bonds. The summed E-state index contributed by atoms with van der Waals surface area (Å²) >= 11 is 0. The van der Waals surface area contributed by atoms with Crippen molar-refractivity contribution in [2.24, 2.45) is 5.10 Å². The van der Waals surface area contributed by atoms with Crippen LogP contribution in [0.2, 0.25) is 0 Å². The molecule has 0 radical (unpaired) electrons. The monoisotopic (exact) mass is 439 g/mol. The van der Waals surface area contributed by atoms with Gasteiger partial charge in [-0.05, 0) is 66.2 Å². The summed E-state index contributed by atoms with van der Waals surface area (Å²) in [6.07, 6.45) is 1.90. The van der Waals surface area contributed by atoms with Crippen LogP contribution >= 0.6 is 0 Å². The Labute approximate surface area is 200 Å². The molecule has 0 aliphatic carbocycles. The Morgan fingerprint density at radius 1 is 0.382 bits per heavy atom. The molecule has 0 aliphatic rings. The van der Waals surface area contributed by atoms with Crippen molar-refractivity contribution in [2.75, 3.05) is 9.91 Å². The second-order valence-corrected chi connectivity index (χ2v) is 7.83. The maximum Gasteiger partial charge on any atom is 0.0652 e. The van der Waals surface area contributed by atoms with E-state index in [2.05, 4.69) is 102 Å². The molecular formula is C31H25N3. The van der Waals surface area contributed by atoms with E-state index < -0.39 is 0 Å². The molecule has 3 nitrogen and oxygen atoms in total. The summed E-state index contributed by atoms with van der Waals surface area (Å²) in [5.41, 5.74) is 6.39. The maximum absolute atomic E-state index is 4.82. The van der Waals surface area contributed by atoms with Gasteiger partial charge in [0.25, 0.3) is 0 Å². The minimum absolute atomic E-state index is 1.01. The standard InChI is InChI=1S/C31H25N3/c1-5-13-27(14-6-1)33(28-15-7-2-8-16-28)29-23-21-26(22-24-29)25-32-34(30-17-9-3-10-18-30)31-19-11-4-12-20-31/h1-25H/b32-25+. The van der Waals surface area contributed by atoms with Crippen molar-refractivity contribution < 1.29 is 0 Å². The lowest BCUT2D eigenvalue weighted by Gasteiger charge is -2.25. The summed E-state index contributed by atoms with van der Waals surface area (Å²) in [4.78, 5) is 2.25. The Bertz CT molecular complexity index is 1240. The highest BCUT2D eigenvalue weighted by Gasteiger charge is 2.11. The average Bonchev–Trinajstić information content (AvgIpc) is 2.92. The van der Waals surface area contributed by atoms with Gasteiger partial charge in [0.2, 0.25) is 0 Å². The lowest BCUT2D eigenvalue weighted by molar-refractivity contribution is 1.09. The van der Waals surface area contributed by atoms with E-state index in [0.29, 0.717) is 0 Å². The van der Waals surface area contributed by atoms with Gasteiger partial charge in [0.05, 0.1) is 17.6 Å². The molecule has 0 atom stereocenters. The molecule has 5 aromatic carbocycles. The zero-order chi connectivity index (χ0) is 23.0. The molecule has 5 aromatic rings. The summed E-state index contributed by atoms with van der Waals surface area (Å²) in [5.74, 6) is 0. The third kappa shape index (κ3) is 4.89. The molecule has 0 spiro atoms. The van der Waals surface area contributed by atoms with Gasteiger partial charge in [-0.2, -0.15) is 5.10 Å². The summed E-state index contributed by atoms with van der Waals surface area (Å²) < 4.78 is 0. The molecule has 5 rings (SSSR count). The van der Waals surface area contributed by atoms with Crippen molar-refractivity contribution in [3.63, 3.8) is 0 Å². The van der Waals surface area contributed by atoms with Gasteiger partial charge in [-0.3, -0.25) is 0 Å². The van der Waals surface area contributed by atoms with E-state index in [-0.39, 0.29) is 0 Å². The van der Waals surface area contributed by atoms with Crippen LogP contribution in [0, 0.1) is 0 Å². The van der Waals surface area contributed by atoms with E-state index in [1.165, 1.54) is 0 Å². The molecule has 0 heterocycles. The number of hydrazone groups is 1. The van der Waals surface area contributed by atoms with Gasteiger partial charge in [-0.25, -0.2) is 5.01 Å². The lowest BCUT2D eigenvalue weighted by Crippen LogP contribution is -2.10. The van der Waals surface area contributed by atoms with Crippen LogP contribution in [0.5, 0.6) is 0 Å². The first-order valence-electron chi connectivity index (χ1n) is 11.3. The quantitative estimate of drug-likeness (QED) is 0.187. The number of anilines is 5. The normalized spacial score (nSPS) is 10.8. The fourth-order valence-corrected chi connectivity index (χ4v) is 3.86. The van der Waals surface area contributed by atoms with Crippen LogP contribution in [0.1, 0.15) is 5.56 Å². The van der Waals surface area contributed by atoms with E-state index in [1.807, 2.05) is 59.8 Å². The third-order valence-corrected chi connectivity index (χ3v) is 5.50. The van der Waals surface area contributed by atoms with Crippen LogP contribution in [0.15, 0.2) is 151 Å². The number of para-hydroxylation sites is 4. The molecule has 0 unspecified atom stereocenters. The van der Waals surface area contributed by atoms with Gasteiger partial charge in [0, 0.05) is 17.1 Å². The van der Waals surface area contributed by atoms with Crippen LogP contribution < -0.4 is 9.91 Å². The van der Waals surface area contributed by atoms with Crippen molar-refractivity contribution in [3.8, 4) is 0 Å². The van der Waals surface area contributed by atoms with Gasteiger partial charge >= 0.3 is 0 Å². The van der Waals surface area contributed by atoms with Gasteiger partial charge in [-0.15, -0.1) is 0 Å². The largest absolute Gasteiger partial charge is 0.311 e. The smallest absolute Gasteiger partial charge is 0.0652 e. The first kappa shape index (κ1) is 21.2. The fraction of sp³-hybridized carbons (Fsp3) is 0. The van der Waals surface area contributed by atoms with Crippen molar-refractivity contribution in [1.29, 1.82) is 0 Å². The molecular weight excluding hydrogens is 414 g/mol. The number of benzene rings is 5. The number of nitrogens with zero attached hydrogens (tertiary/aromatic N) is 3. The summed E-state index contributed by atoms with van der Waals surface area (Å²) in [5, 5.41) is 6.77. The van der Waals surface area contributed by atoms with E-state index in [4.69, 9.17) is 5.10 Å². The molecule has 34 heavy (non-hydrogen) atoms. The minimum Gasteiger partial charge on any atom is -0.311 e.